The van der Waals surface area contributed by atoms with E-state index in [2.05, 4.69) is 20.3 Å². The van der Waals surface area contributed by atoms with E-state index >= 15 is 0 Å². The van der Waals surface area contributed by atoms with Gasteiger partial charge in [-0.2, -0.15) is 0 Å². The van der Waals surface area contributed by atoms with Crippen molar-refractivity contribution in [3.05, 3.63) is 38.8 Å². The van der Waals surface area contributed by atoms with Gasteiger partial charge in [-0.15, -0.1) is 0 Å². The molecule has 0 aliphatic rings. The fraction of sp³-hybridized carbons (Fsp3) is 0.357. The third-order valence-corrected chi connectivity index (χ3v) is 3.70. The molecule has 0 saturated carbocycles. The van der Waals surface area contributed by atoms with Crippen LogP contribution in [-0.4, -0.2) is 27.6 Å². The summed E-state index contributed by atoms with van der Waals surface area (Å²) in [4.78, 5) is 12.5. The van der Waals surface area contributed by atoms with Gasteiger partial charge in [0.1, 0.15) is 27.8 Å². The van der Waals surface area contributed by atoms with Crippen LogP contribution >= 0.6 is 34.8 Å². The average molecular weight is 362 g/mol. The van der Waals surface area contributed by atoms with Gasteiger partial charge in [-0.3, -0.25) is 0 Å². The normalized spacial score (nSPS) is 12.1. The van der Waals surface area contributed by atoms with E-state index in [1.54, 1.807) is 6.07 Å². The van der Waals surface area contributed by atoms with Gasteiger partial charge in [0.05, 0.1) is 17.3 Å². The van der Waals surface area contributed by atoms with Crippen molar-refractivity contribution in [2.24, 2.45) is 0 Å². The van der Waals surface area contributed by atoms with Gasteiger partial charge in [0.25, 0.3) is 0 Å². The van der Waals surface area contributed by atoms with Crippen molar-refractivity contribution >= 4 is 40.6 Å². The molecule has 22 heavy (non-hydrogen) atoms. The van der Waals surface area contributed by atoms with Gasteiger partial charge in [-0.25, -0.2) is 15.0 Å². The van der Waals surface area contributed by atoms with Crippen LogP contribution in [0.15, 0.2) is 12.3 Å². The molecule has 0 aliphatic heterocycles. The molecule has 0 amide bonds. The minimum atomic E-state index is -0.196. The highest BCUT2D eigenvalue weighted by Gasteiger charge is 2.12. The zero-order valence-electron chi connectivity index (χ0n) is 12.3. The first-order valence-corrected chi connectivity index (χ1v) is 7.72. The summed E-state index contributed by atoms with van der Waals surface area (Å²) in [7, 11) is 0. The molecule has 0 saturated heterocycles. The minimum absolute atomic E-state index is 0.196. The Kier molecular flexibility index (Phi) is 5.67. The summed E-state index contributed by atoms with van der Waals surface area (Å²) in [5, 5.41) is 4.47. The van der Waals surface area contributed by atoms with Crippen LogP contribution in [0.4, 0.5) is 5.82 Å². The van der Waals surface area contributed by atoms with Crippen molar-refractivity contribution < 1.29 is 4.74 Å². The van der Waals surface area contributed by atoms with Crippen LogP contribution in [0.1, 0.15) is 18.4 Å². The first kappa shape index (κ1) is 17.1. The van der Waals surface area contributed by atoms with Crippen LogP contribution in [0.25, 0.3) is 0 Å². The molecule has 1 N–H and O–H groups in total. The first-order valence-electron chi connectivity index (χ1n) is 6.59. The molecule has 0 aromatic carbocycles. The predicted octanol–water partition coefficient (Wildman–Crippen LogP) is 4.33. The zero-order valence-corrected chi connectivity index (χ0v) is 14.6. The summed E-state index contributed by atoms with van der Waals surface area (Å²) in [6, 6.07) is 1.58. The van der Waals surface area contributed by atoms with Gasteiger partial charge in [-0.05, 0) is 26.8 Å². The molecule has 5 nitrogen and oxygen atoms in total. The Morgan fingerprint density at radius 2 is 1.95 bits per heavy atom. The van der Waals surface area contributed by atoms with E-state index in [0.29, 0.717) is 39.1 Å². The molecular formula is C14H15Cl3N4O. The number of aromatic nitrogens is 3. The van der Waals surface area contributed by atoms with Gasteiger partial charge in [0.2, 0.25) is 5.88 Å². The Balaban J connectivity index is 2.00. The van der Waals surface area contributed by atoms with E-state index in [1.165, 1.54) is 6.20 Å². The lowest BCUT2D eigenvalue weighted by atomic mass is 10.3. The second-order valence-corrected chi connectivity index (χ2v) is 5.99. The Labute approximate surface area is 144 Å². The van der Waals surface area contributed by atoms with E-state index in [1.807, 2.05) is 20.8 Å². The van der Waals surface area contributed by atoms with Gasteiger partial charge in [0, 0.05) is 6.20 Å². The van der Waals surface area contributed by atoms with Crippen LogP contribution in [0.3, 0.4) is 0 Å². The second-order valence-electron chi connectivity index (χ2n) is 4.77. The van der Waals surface area contributed by atoms with Crippen molar-refractivity contribution in [3.8, 4) is 5.88 Å². The van der Waals surface area contributed by atoms with Crippen molar-refractivity contribution in [2.75, 3.05) is 11.9 Å². The maximum atomic E-state index is 6.18. The monoisotopic (exact) mass is 360 g/mol. The number of nitrogens with one attached hydrogen (secondary N) is 1. The standard InChI is InChI=1S/C14H15Cl3N4O/c1-7(22-14-11(16)4-10(15)6-19-14)5-18-13-12(17)8(2)20-9(3)21-13/h4,6-7H,5H2,1-3H3,(H,18,20,21). The SMILES string of the molecule is Cc1nc(C)c(Cl)c(NCC(C)Oc2ncc(Cl)cc2Cl)n1. The lowest BCUT2D eigenvalue weighted by Gasteiger charge is -2.17. The molecule has 0 bridgehead atoms. The topological polar surface area (TPSA) is 59.9 Å². The summed E-state index contributed by atoms with van der Waals surface area (Å²) in [6.07, 6.45) is 1.29. The molecule has 0 spiro atoms. The number of nitrogens with zero attached hydrogens (tertiary/aromatic N) is 3. The van der Waals surface area contributed by atoms with Gasteiger partial charge < -0.3 is 10.1 Å². The van der Waals surface area contributed by atoms with E-state index < -0.39 is 0 Å². The Hall–Kier alpha value is -1.30. The predicted molar refractivity (Wildman–Crippen MR) is 89.4 cm³/mol. The van der Waals surface area contributed by atoms with Crippen molar-refractivity contribution in [1.29, 1.82) is 0 Å². The highest BCUT2D eigenvalue weighted by molar-refractivity contribution is 6.35. The molecule has 2 heterocycles. The summed E-state index contributed by atoms with van der Waals surface area (Å²) in [5.41, 5.74) is 0.729. The van der Waals surface area contributed by atoms with Crippen LogP contribution in [0, 0.1) is 13.8 Å². The molecule has 2 rings (SSSR count). The van der Waals surface area contributed by atoms with Gasteiger partial charge in [0.15, 0.2) is 0 Å². The third-order valence-electron chi connectivity index (χ3n) is 2.77. The van der Waals surface area contributed by atoms with Crippen molar-refractivity contribution in [1.82, 2.24) is 15.0 Å². The minimum Gasteiger partial charge on any atom is -0.472 e. The number of halogens is 3. The molecule has 0 fully saturated rings. The lowest BCUT2D eigenvalue weighted by Crippen LogP contribution is -2.24. The number of hydrogen-bond donors (Lipinski definition) is 1. The Morgan fingerprint density at radius 3 is 2.64 bits per heavy atom. The third kappa shape index (κ3) is 4.35. The van der Waals surface area contributed by atoms with Crippen LogP contribution < -0.4 is 10.1 Å². The number of pyridine rings is 1. The van der Waals surface area contributed by atoms with Crippen LogP contribution in [-0.2, 0) is 0 Å². The summed E-state index contributed by atoms with van der Waals surface area (Å²) in [6.45, 7) is 6.01. The summed E-state index contributed by atoms with van der Waals surface area (Å²) in [5.74, 6) is 1.57. The van der Waals surface area contributed by atoms with E-state index in [9.17, 15) is 0 Å². The van der Waals surface area contributed by atoms with Gasteiger partial charge >= 0.3 is 0 Å². The smallest absolute Gasteiger partial charge is 0.232 e. The maximum absolute atomic E-state index is 6.18. The molecule has 2 aromatic heterocycles. The Morgan fingerprint density at radius 1 is 1.23 bits per heavy atom. The summed E-state index contributed by atoms with van der Waals surface area (Å²) >= 11 is 18.0. The number of rotatable bonds is 5. The molecule has 1 atom stereocenters. The van der Waals surface area contributed by atoms with E-state index in [0.717, 1.165) is 5.69 Å². The molecule has 8 heteroatoms. The number of hydrogen-bond acceptors (Lipinski definition) is 5. The molecule has 1 unspecified atom stereocenters. The molecule has 2 aromatic rings. The maximum Gasteiger partial charge on any atom is 0.232 e. The number of anilines is 1. The number of aryl methyl sites for hydroxylation is 2. The molecule has 0 radical (unpaired) electrons. The van der Waals surface area contributed by atoms with Gasteiger partial charge in [-0.1, -0.05) is 34.8 Å². The average Bonchev–Trinajstić information content (AvgIpc) is 2.44. The number of ether oxygens (including phenoxy) is 1. The summed E-state index contributed by atoms with van der Waals surface area (Å²) < 4.78 is 5.67. The van der Waals surface area contributed by atoms with E-state index in [-0.39, 0.29) is 6.10 Å². The van der Waals surface area contributed by atoms with Crippen molar-refractivity contribution in [3.63, 3.8) is 0 Å². The molecule has 0 aliphatic carbocycles. The largest absolute Gasteiger partial charge is 0.472 e. The van der Waals surface area contributed by atoms with Crippen molar-refractivity contribution in [2.45, 2.75) is 26.9 Å². The highest BCUT2D eigenvalue weighted by atomic mass is 35.5. The fourth-order valence-electron chi connectivity index (χ4n) is 1.78. The fourth-order valence-corrected chi connectivity index (χ4v) is 2.35. The molecule has 118 valence electrons. The van der Waals surface area contributed by atoms with Crippen LogP contribution in [0.5, 0.6) is 5.88 Å². The Bertz CT molecular complexity index is 681. The highest BCUT2D eigenvalue weighted by Crippen LogP contribution is 2.26. The van der Waals surface area contributed by atoms with E-state index in [4.69, 9.17) is 39.5 Å². The quantitative estimate of drug-likeness (QED) is 0.859. The molecular weight excluding hydrogens is 347 g/mol. The second kappa shape index (κ2) is 7.31. The first-order chi connectivity index (χ1) is 10.4. The van der Waals surface area contributed by atoms with Crippen LogP contribution in [0.2, 0.25) is 15.1 Å². The zero-order chi connectivity index (χ0) is 16.3. The lowest BCUT2D eigenvalue weighted by molar-refractivity contribution is 0.225.